The molecular formula is C20H22N4O3. The number of imidazole rings is 1. The molecule has 0 aliphatic rings. The number of aryl methyl sites for hydroxylation is 1. The molecule has 0 aliphatic heterocycles. The topological polar surface area (TPSA) is 84.7 Å². The number of carbonyl (C=O) groups excluding carboxylic acids is 2. The van der Waals surface area contributed by atoms with E-state index in [0.717, 1.165) is 11.1 Å². The van der Waals surface area contributed by atoms with Crippen molar-refractivity contribution in [2.24, 2.45) is 0 Å². The second-order valence-electron chi connectivity index (χ2n) is 6.16. The van der Waals surface area contributed by atoms with Crippen LogP contribution in [0.3, 0.4) is 0 Å². The smallest absolute Gasteiger partial charge is 0.287 e. The highest BCUT2D eigenvalue weighted by molar-refractivity contribution is 6.02. The van der Waals surface area contributed by atoms with Crippen molar-refractivity contribution in [3.63, 3.8) is 0 Å². The quantitative estimate of drug-likeness (QED) is 0.626. The van der Waals surface area contributed by atoms with E-state index in [1.54, 1.807) is 35.9 Å². The zero-order valence-electron chi connectivity index (χ0n) is 15.4. The van der Waals surface area contributed by atoms with Crippen LogP contribution >= 0.6 is 0 Å². The van der Waals surface area contributed by atoms with Crippen molar-refractivity contribution in [1.29, 1.82) is 0 Å². The summed E-state index contributed by atoms with van der Waals surface area (Å²) in [5, 5.41) is 5.59. The van der Waals surface area contributed by atoms with Crippen LogP contribution in [0, 0.1) is 6.92 Å². The highest BCUT2D eigenvalue weighted by Gasteiger charge is 2.21. The zero-order valence-corrected chi connectivity index (χ0v) is 15.4. The maximum Gasteiger partial charge on any atom is 0.287 e. The third-order valence-electron chi connectivity index (χ3n) is 4.13. The van der Waals surface area contributed by atoms with Gasteiger partial charge in [-0.15, -0.1) is 0 Å². The second kappa shape index (κ2) is 8.46. The van der Waals surface area contributed by atoms with E-state index in [4.69, 9.17) is 4.74 Å². The molecule has 140 valence electrons. The number of hydrogen-bond donors (Lipinski definition) is 2. The van der Waals surface area contributed by atoms with Crippen LogP contribution in [0.25, 0.3) is 5.52 Å². The third-order valence-corrected chi connectivity index (χ3v) is 4.13. The molecule has 7 nitrogen and oxygen atoms in total. The molecule has 0 saturated carbocycles. The van der Waals surface area contributed by atoms with Gasteiger partial charge < -0.3 is 15.4 Å². The van der Waals surface area contributed by atoms with E-state index in [1.165, 1.54) is 0 Å². The first-order chi connectivity index (χ1) is 13.1. The highest BCUT2D eigenvalue weighted by atomic mass is 16.5. The lowest BCUT2D eigenvalue weighted by atomic mass is 10.1. The summed E-state index contributed by atoms with van der Waals surface area (Å²) in [4.78, 5) is 29.3. The van der Waals surface area contributed by atoms with Crippen LogP contribution in [0.15, 0.2) is 48.7 Å². The Balaban J connectivity index is 1.80. The van der Waals surface area contributed by atoms with E-state index in [-0.39, 0.29) is 23.3 Å². The van der Waals surface area contributed by atoms with Crippen LogP contribution in [0.4, 0.5) is 0 Å². The average molecular weight is 366 g/mol. The Bertz CT molecular complexity index is 948. The van der Waals surface area contributed by atoms with E-state index < -0.39 is 0 Å². The van der Waals surface area contributed by atoms with Crippen LogP contribution in [-0.2, 0) is 11.3 Å². The molecule has 0 saturated heterocycles. The van der Waals surface area contributed by atoms with Crippen molar-refractivity contribution in [3.8, 4) is 0 Å². The summed E-state index contributed by atoms with van der Waals surface area (Å²) in [5.74, 6) is -0.511. The predicted molar refractivity (Wildman–Crippen MR) is 102 cm³/mol. The number of amides is 2. The van der Waals surface area contributed by atoms with Crippen molar-refractivity contribution in [2.45, 2.75) is 13.5 Å². The fraction of sp³-hybridized carbons (Fsp3) is 0.250. The molecule has 1 aromatic carbocycles. The van der Waals surface area contributed by atoms with Crippen molar-refractivity contribution in [1.82, 2.24) is 20.0 Å². The van der Waals surface area contributed by atoms with Gasteiger partial charge in [0.25, 0.3) is 11.8 Å². The molecular weight excluding hydrogens is 344 g/mol. The molecule has 0 spiro atoms. The number of fused-ring (bicyclic) bond motifs is 1. The van der Waals surface area contributed by atoms with Gasteiger partial charge in [0, 0.05) is 26.4 Å². The molecule has 3 aromatic rings. The van der Waals surface area contributed by atoms with Crippen LogP contribution < -0.4 is 10.6 Å². The van der Waals surface area contributed by atoms with Gasteiger partial charge in [-0.1, -0.05) is 35.9 Å². The molecule has 0 bridgehead atoms. The Morgan fingerprint density at radius 3 is 2.59 bits per heavy atom. The van der Waals surface area contributed by atoms with Crippen molar-refractivity contribution < 1.29 is 14.3 Å². The number of nitrogens with one attached hydrogen (secondary N) is 2. The molecule has 0 fully saturated rings. The number of ether oxygens (including phenoxy) is 1. The summed E-state index contributed by atoms with van der Waals surface area (Å²) in [6.07, 6.45) is 1.71. The van der Waals surface area contributed by atoms with Gasteiger partial charge in [0.15, 0.2) is 5.69 Å². The summed E-state index contributed by atoms with van der Waals surface area (Å²) in [5.41, 5.74) is 2.96. The summed E-state index contributed by atoms with van der Waals surface area (Å²) >= 11 is 0. The first-order valence-corrected chi connectivity index (χ1v) is 8.68. The minimum Gasteiger partial charge on any atom is -0.383 e. The lowest BCUT2D eigenvalue weighted by Crippen LogP contribution is -2.29. The molecule has 2 heterocycles. The van der Waals surface area contributed by atoms with E-state index in [9.17, 15) is 9.59 Å². The molecule has 3 rings (SSSR count). The Morgan fingerprint density at radius 1 is 1.07 bits per heavy atom. The summed E-state index contributed by atoms with van der Waals surface area (Å²) < 4.78 is 6.55. The molecule has 0 atom stereocenters. The van der Waals surface area contributed by atoms with Crippen LogP contribution in [0.2, 0.25) is 0 Å². The molecule has 2 amide bonds. The van der Waals surface area contributed by atoms with E-state index >= 15 is 0 Å². The number of nitrogens with zero attached hydrogens (tertiary/aromatic N) is 2. The number of methoxy groups -OCH3 is 1. The predicted octanol–water partition coefficient (Wildman–Crippen LogP) is 1.95. The maximum atomic E-state index is 12.7. The monoisotopic (exact) mass is 366 g/mol. The van der Waals surface area contributed by atoms with Crippen LogP contribution in [0.1, 0.15) is 32.2 Å². The fourth-order valence-corrected chi connectivity index (χ4v) is 2.68. The van der Waals surface area contributed by atoms with Crippen LogP contribution in [0.5, 0.6) is 0 Å². The molecule has 27 heavy (non-hydrogen) atoms. The van der Waals surface area contributed by atoms with Gasteiger partial charge in [-0.25, -0.2) is 4.98 Å². The average Bonchev–Trinajstić information content (AvgIpc) is 3.07. The normalized spacial score (nSPS) is 10.7. The van der Waals surface area contributed by atoms with Crippen molar-refractivity contribution >= 4 is 17.3 Å². The number of carbonyl (C=O) groups is 2. The lowest BCUT2D eigenvalue weighted by molar-refractivity contribution is 0.0926. The van der Waals surface area contributed by atoms with E-state index in [0.29, 0.717) is 25.2 Å². The van der Waals surface area contributed by atoms with E-state index in [1.807, 2.05) is 31.2 Å². The first kappa shape index (κ1) is 18.6. The van der Waals surface area contributed by atoms with E-state index in [2.05, 4.69) is 15.6 Å². The van der Waals surface area contributed by atoms with Gasteiger partial charge in [0.05, 0.1) is 12.1 Å². The SMILES string of the molecule is COCCNC(=O)c1nc(C(=O)NCc2ccc(C)cc2)c2ccccn12. The Morgan fingerprint density at radius 2 is 1.85 bits per heavy atom. The number of rotatable bonds is 7. The number of pyridine rings is 1. The number of aromatic nitrogens is 2. The molecule has 2 N–H and O–H groups in total. The summed E-state index contributed by atoms with van der Waals surface area (Å²) in [7, 11) is 1.56. The minimum atomic E-state index is -0.356. The fourth-order valence-electron chi connectivity index (χ4n) is 2.68. The standard InChI is InChI=1S/C20H22N4O3/c1-14-6-8-15(9-7-14)13-22-19(25)17-16-5-3-4-11-24(16)18(23-17)20(26)21-10-12-27-2/h3-9,11H,10,12-13H2,1-2H3,(H,21,26)(H,22,25). The Labute approximate surface area is 157 Å². The molecule has 7 heteroatoms. The molecule has 2 aromatic heterocycles. The summed E-state index contributed by atoms with van der Waals surface area (Å²) in [6, 6.07) is 13.3. The Kier molecular flexibility index (Phi) is 5.83. The van der Waals surface area contributed by atoms with Gasteiger partial charge in [0.1, 0.15) is 0 Å². The third kappa shape index (κ3) is 4.32. The molecule has 0 aliphatic carbocycles. The number of hydrogen-bond acceptors (Lipinski definition) is 4. The van der Waals surface area contributed by atoms with Gasteiger partial charge in [-0.3, -0.25) is 14.0 Å². The minimum absolute atomic E-state index is 0.169. The van der Waals surface area contributed by atoms with Crippen LogP contribution in [-0.4, -0.2) is 41.5 Å². The first-order valence-electron chi connectivity index (χ1n) is 8.68. The molecule has 0 radical (unpaired) electrons. The number of benzene rings is 1. The lowest BCUT2D eigenvalue weighted by Gasteiger charge is -2.04. The summed E-state index contributed by atoms with van der Waals surface area (Å²) in [6.45, 7) is 3.17. The largest absolute Gasteiger partial charge is 0.383 e. The Hall–Kier alpha value is -3.19. The maximum absolute atomic E-state index is 12.7. The van der Waals surface area contributed by atoms with Crippen molar-refractivity contribution in [3.05, 3.63) is 71.3 Å². The van der Waals surface area contributed by atoms with Gasteiger partial charge in [-0.2, -0.15) is 0 Å². The van der Waals surface area contributed by atoms with Gasteiger partial charge >= 0.3 is 0 Å². The second-order valence-corrected chi connectivity index (χ2v) is 6.16. The van der Waals surface area contributed by atoms with Crippen molar-refractivity contribution in [2.75, 3.05) is 20.3 Å². The highest BCUT2D eigenvalue weighted by Crippen LogP contribution is 2.14. The molecule has 0 unspecified atom stereocenters. The zero-order chi connectivity index (χ0) is 19.2. The van der Waals surface area contributed by atoms with Gasteiger partial charge in [-0.05, 0) is 24.6 Å². The van der Waals surface area contributed by atoms with Gasteiger partial charge in [0.2, 0.25) is 5.82 Å².